The minimum atomic E-state index is -0.0200. The van der Waals surface area contributed by atoms with Gasteiger partial charge in [-0.15, -0.1) is 0 Å². The van der Waals surface area contributed by atoms with Crippen LogP contribution in [0.1, 0.15) is 24.8 Å². The largest absolute Gasteiger partial charge is 0.396 e. The van der Waals surface area contributed by atoms with Gasteiger partial charge in [0.2, 0.25) is 5.91 Å². The number of carbonyl (C=O) groups is 1. The third-order valence-corrected chi connectivity index (χ3v) is 3.92. The van der Waals surface area contributed by atoms with Crippen molar-refractivity contribution < 1.29 is 9.90 Å². The molecule has 1 fully saturated rings. The molecule has 1 aromatic rings. The molecule has 18 heavy (non-hydrogen) atoms. The predicted octanol–water partition coefficient (Wildman–Crippen LogP) is 2.16. The highest BCUT2D eigenvalue weighted by atomic mass is 35.5. The van der Waals surface area contributed by atoms with Gasteiger partial charge in [0.25, 0.3) is 0 Å². The molecule has 2 unspecified atom stereocenters. The first-order chi connectivity index (χ1) is 8.70. The second-order valence-electron chi connectivity index (χ2n) is 4.82. The van der Waals surface area contributed by atoms with E-state index < -0.39 is 0 Å². The van der Waals surface area contributed by atoms with E-state index in [-0.39, 0.29) is 24.5 Å². The van der Waals surface area contributed by atoms with E-state index >= 15 is 0 Å². The Morgan fingerprint density at radius 2 is 2.17 bits per heavy atom. The fourth-order valence-corrected chi connectivity index (χ4v) is 2.72. The third kappa shape index (κ3) is 3.24. The number of aliphatic hydroxyl groups excluding tert-OH is 1. The summed E-state index contributed by atoms with van der Waals surface area (Å²) in [6, 6.07) is 7.49. The summed E-state index contributed by atoms with van der Waals surface area (Å²) in [6.45, 7) is 0.150. The Hall–Kier alpha value is -1.06. The molecule has 98 valence electrons. The lowest BCUT2D eigenvalue weighted by molar-refractivity contribution is -0.121. The molecule has 0 aliphatic heterocycles. The van der Waals surface area contributed by atoms with E-state index in [4.69, 9.17) is 11.6 Å². The molecule has 1 amide bonds. The first-order valence-electron chi connectivity index (χ1n) is 6.34. The maximum Gasteiger partial charge on any atom is 0.224 e. The van der Waals surface area contributed by atoms with E-state index in [0.29, 0.717) is 11.4 Å². The van der Waals surface area contributed by atoms with Crippen LogP contribution < -0.4 is 5.32 Å². The molecule has 1 saturated carbocycles. The summed E-state index contributed by atoms with van der Waals surface area (Å²) in [5.74, 6) is 0.189. The highest BCUT2D eigenvalue weighted by molar-refractivity contribution is 6.31. The monoisotopic (exact) mass is 267 g/mol. The van der Waals surface area contributed by atoms with Crippen LogP contribution in [0.5, 0.6) is 0 Å². The van der Waals surface area contributed by atoms with Crippen LogP contribution in [-0.2, 0) is 11.2 Å². The van der Waals surface area contributed by atoms with Crippen molar-refractivity contribution in [3.05, 3.63) is 34.9 Å². The van der Waals surface area contributed by atoms with Crippen LogP contribution in [0.2, 0.25) is 5.02 Å². The zero-order valence-corrected chi connectivity index (χ0v) is 11.0. The van der Waals surface area contributed by atoms with Crippen molar-refractivity contribution in [3.63, 3.8) is 0 Å². The number of hydrogen-bond acceptors (Lipinski definition) is 2. The van der Waals surface area contributed by atoms with E-state index in [0.717, 1.165) is 24.8 Å². The van der Waals surface area contributed by atoms with Crippen molar-refractivity contribution in [2.24, 2.45) is 5.92 Å². The quantitative estimate of drug-likeness (QED) is 0.878. The summed E-state index contributed by atoms with van der Waals surface area (Å²) < 4.78 is 0. The summed E-state index contributed by atoms with van der Waals surface area (Å²) >= 11 is 6.02. The van der Waals surface area contributed by atoms with E-state index in [1.165, 1.54) is 0 Å². The van der Waals surface area contributed by atoms with Crippen molar-refractivity contribution in [1.29, 1.82) is 0 Å². The molecule has 0 heterocycles. The third-order valence-electron chi connectivity index (χ3n) is 3.55. The minimum absolute atomic E-state index is 0.0200. The van der Waals surface area contributed by atoms with Gasteiger partial charge in [-0.05, 0) is 24.5 Å². The number of hydrogen-bond donors (Lipinski definition) is 2. The van der Waals surface area contributed by atoms with Crippen molar-refractivity contribution in [1.82, 2.24) is 5.32 Å². The normalized spacial score (nSPS) is 23.0. The molecule has 0 aromatic heterocycles. The van der Waals surface area contributed by atoms with Crippen LogP contribution in [0, 0.1) is 5.92 Å². The molecule has 2 rings (SSSR count). The Kier molecular flexibility index (Phi) is 4.61. The molecule has 3 nitrogen and oxygen atoms in total. The lowest BCUT2D eigenvalue weighted by Crippen LogP contribution is -2.39. The first-order valence-corrected chi connectivity index (χ1v) is 6.72. The van der Waals surface area contributed by atoms with Crippen LogP contribution in [-0.4, -0.2) is 23.7 Å². The molecule has 1 aromatic carbocycles. The molecular formula is C14H18ClNO2. The highest BCUT2D eigenvalue weighted by Gasteiger charge is 2.27. The van der Waals surface area contributed by atoms with Crippen molar-refractivity contribution in [2.45, 2.75) is 31.7 Å². The number of rotatable bonds is 4. The van der Waals surface area contributed by atoms with Gasteiger partial charge in [-0.1, -0.05) is 36.2 Å². The second-order valence-corrected chi connectivity index (χ2v) is 5.22. The van der Waals surface area contributed by atoms with Crippen LogP contribution in [0.4, 0.5) is 0 Å². The van der Waals surface area contributed by atoms with Gasteiger partial charge in [0.1, 0.15) is 0 Å². The van der Waals surface area contributed by atoms with E-state index in [9.17, 15) is 9.90 Å². The van der Waals surface area contributed by atoms with Gasteiger partial charge < -0.3 is 10.4 Å². The van der Waals surface area contributed by atoms with Crippen molar-refractivity contribution in [3.8, 4) is 0 Å². The lowest BCUT2D eigenvalue weighted by Gasteiger charge is -2.19. The summed E-state index contributed by atoms with van der Waals surface area (Å²) in [5.41, 5.74) is 0.843. The van der Waals surface area contributed by atoms with E-state index in [1.807, 2.05) is 18.2 Å². The summed E-state index contributed by atoms with van der Waals surface area (Å²) in [6.07, 6.45) is 3.32. The van der Waals surface area contributed by atoms with Gasteiger partial charge in [0.05, 0.1) is 6.42 Å². The molecule has 0 bridgehead atoms. The van der Waals surface area contributed by atoms with Gasteiger partial charge in [0, 0.05) is 23.6 Å². The predicted molar refractivity (Wildman–Crippen MR) is 71.5 cm³/mol. The smallest absolute Gasteiger partial charge is 0.224 e. The molecule has 0 spiro atoms. The SMILES string of the molecule is O=C(Cc1ccccc1Cl)NC1CCCC1CO. The van der Waals surface area contributed by atoms with Crippen molar-refractivity contribution in [2.75, 3.05) is 6.61 Å². The Bertz CT molecular complexity index is 422. The number of aliphatic hydroxyl groups is 1. The summed E-state index contributed by atoms with van der Waals surface area (Å²) in [4.78, 5) is 11.9. The standard InChI is InChI=1S/C14H18ClNO2/c15-12-6-2-1-4-10(12)8-14(18)16-13-7-3-5-11(13)9-17/h1-2,4,6,11,13,17H,3,5,7-9H2,(H,16,18). The molecule has 4 heteroatoms. The van der Waals surface area contributed by atoms with Gasteiger partial charge in [-0.25, -0.2) is 0 Å². The number of amides is 1. The topological polar surface area (TPSA) is 49.3 Å². The molecule has 2 atom stereocenters. The van der Waals surface area contributed by atoms with Crippen molar-refractivity contribution >= 4 is 17.5 Å². The maximum absolute atomic E-state index is 11.9. The van der Waals surface area contributed by atoms with Crippen LogP contribution in [0.15, 0.2) is 24.3 Å². The zero-order valence-electron chi connectivity index (χ0n) is 10.2. The van der Waals surface area contributed by atoms with E-state index in [2.05, 4.69) is 5.32 Å². The average molecular weight is 268 g/mol. The minimum Gasteiger partial charge on any atom is -0.396 e. The average Bonchev–Trinajstić information content (AvgIpc) is 2.79. The summed E-state index contributed by atoms with van der Waals surface area (Å²) in [7, 11) is 0. The van der Waals surface area contributed by atoms with Gasteiger partial charge in [0.15, 0.2) is 0 Å². The number of benzene rings is 1. The Morgan fingerprint density at radius 1 is 1.39 bits per heavy atom. The highest BCUT2D eigenvalue weighted by Crippen LogP contribution is 2.25. The number of carbonyl (C=O) groups excluding carboxylic acids is 1. The molecule has 1 aliphatic rings. The van der Waals surface area contributed by atoms with Gasteiger partial charge >= 0.3 is 0 Å². The zero-order chi connectivity index (χ0) is 13.0. The lowest BCUT2D eigenvalue weighted by atomic mass is 10.0. The fraction of sp³-hybridized carbons (Fsp3) is 0.500. The molecule has 1 aliphatic carbocycles. The Balaban J connectivity index is 1.91. The van der Waals surface area contributed by atoms with Crippen LogP contribution in [0.3, 0.4) is 0 Å². The van der Waals surface area contributed by atoms with Gasteiger partial charge in [-0.3, -0.25) is 4.79 Å². The number of nitrogens with one attached hydrogen (secondary N) is 1. The first kappa shape index (κ1) is 13.4. The van der Waals surface area contributed by atoms with Crippen LogP contribution in [0.25, 0.3) is 0 Å². The Morgan fingerprint density at radius 3 is 2.89 bits per heavy atom. The molecule has 0 saturated heterocycles. The van der Waals surface area contributed by atoms with Crippen LogP contribution >= 0.6 is 11.6 Å². The fourth-order valence-electron chi connectivity index (χ4n) is 2.52. The maximum atomic E-state index is 11.9. The Labute approximate surface area is 112 Å². The van der Waals surface area contributed by atoms with Gasteiger partial charge in [-0.2, -0.15) is 0 Å². The summed E-state index contributed by atoms with van der Waals surface area (Å²) in [5, 5.41) is 12.8. The molecule has 0 radical (unpaired) electrons. The number of halogens is 1. The molecule has 2 N–H and O–H groups in total. The second kappa shape index (κ2) is 6.21. The molecular weight excluding hydrogens is 250 g/mol. The van der Waals surface area contributed by atoms with E-state index in [1.54, 1.807) is 6.07 Å².